The van der Waals surface area contributed by atoms with Crippen LogP contribution in [-0.2, 0) is 14.8 Å². The van der Waals surface area contributed by atoms with Gasteiger partial charge in [-0.2, -0.15) is 4.31 Å². The number of nitrogens with zero attached hydrogens (tertiary/aromatic N) is 4. The van der Waals surface area contributed by atoms with Gasteiger partial charge in [0.25, 0.3) is 0 Å². The van der Waals surface area contributed by atoms with Crippen LogP contribution >= 0.6 is 34.7 Å². The number of hydrogen-bond acceptors (Lipinski definition) is 7. The first-order chi connectivity index (χ1) is 14.8. The maximum atomic E-state index is 12.8. The van der Waals surface area contributed by atoms with E-state index in [4.69, 9.17) is 11.6 Å². The number of rotatable bonds is 5. The Morgan fingerprint density at radius 2 is 1.81 bits per heavy atom. The molecule has 164 valence electrons. The van der Waals surface area contributed by atoms with Gasteiger partial charge in [0.1, 0.15) is 16.2 Å². The van der Waals surface area contributed by atoms with Gasteiger partial charge in [-0.05, 0) is 43.7 Å². The molecule has 1 aliphatic heterocycles. The van der Waals surface area contributed by atoms with E-state index in [0.29, 0.717) is 18.1 Å². The summed E-state index contributed by atoms with van der Waals surface area (Å²) < 4.78 is 27.0. The van der Waals surface area contributed by atoms with E-state index >= 15 is 0 Å². The minimum Gasteiger partial charge on any atom is -0.339 e. The summed E-state index contributed by atoms with van der Waals surface area (Å²) in [4.78, 5) is 25.5. The average Bonchev–Trinajstić information content (AvgIpc) is 3.06. The number of aromatic nitrogens is 2. The first-order valence-corrected chi connectivity index (χ1v) is 13.3. The fourth-order valence-electron chi connectivity index (χ4n) is 3.41. The second-order valence-corrected chi connectivity index (χ2v) is 11.7. The molecule has 1 saturated heterocycles. The van der Waals surface area contributed by atoms with Crippen LogP contribution in [0.25, 0.3) is 10.2 Å². The minimum absolute atomic E-state index is 0.0232. The van der Waals surface area contributed by atoms with Crippen molar-refractivity contribution in [1.82, 2.24) is 19.2 Å². The molecule has 0 saturated carbocycles. The molecule has 0 N–H and O–H groups in total. The number of piperazine rings is 1. The fraction of sp³-hybridized carbons (Fsp3) is 0.350. The lowest BCUT2D eigenvalue weighted by atomic mass is 10.2. The number of amides is 1. The van der Waals surface area contributed by atoms with Gasteiger partial charge in [0.15, 0.2) is 0 Å². The van der Waals surface area contributed by atoms with E-state index in [9.17, 15) is 13.2 Å². The number of thiophene rings is 1. The standard InChI is InChI=1S/C20H21ClN4O3S3/c1-13-14(2)30-20-18(13)19(22-12-23-20)29-11-17(26)24-7-9-25(10-8-24)31(27,28)16-5-3-15(21)4-6-16/h3-6,12H,7-11H2,1-2H3. The highest BCUT2D eigenvalue weighted by atomic mass is 35.5. The summed E-state index contributed by atoms with van der Waals surface area (Å²) in [5.74, 6) is 0.231. The zero-order valence-electron chi connectivity index (χ0n) is 17.0. The largest absolute Gasteiger partial charge is 0.339 e. The number of carbonyl (C=O) groups excluding carboxylic acids is 1. The molecular formula is C20H21ClN4O3S3. The monoisotopic (exact) mass is 496 g/mol. The molecule has 0 spiro atoms. The molecule has 1 aliphatic rings. The van der Waals surface area contributed by atoms with Crippen molar-refractivity contribution in [3.8, 4) is 0 Å². The van der Waals surface area contributed by atoms with E-state index in [1.165, 1.54) is 39.4 Å². The Bertz CT molecular complexity index is 1220. The van der Waals surface area contributed by atoms with Crippen molar-refractivity contribution in [2.75, 3.05) is 31.9 Å². The lowest BCUT2D eigenvalue weighted by molar-refractivity contribution is -0.129. The lowest BCUT2D eigenvalue weighted by Gasteiger charge is -2.34. The Balaban J connectivity index is 1.37. The van der Waals surface area contributed by atoms with Crippen molar-refractivity contribution in [2.24, 2.45) is 0 Å². The first kappa shape index (κ1) is 22.5. The molecule has 3 aromatic rings. The van der Waals surface area contributed by atoms with Crippen molar-refractivity contribution in [2.45, 2.75) is 23.8 Å². The van der Waals surface area contributed by atoms with Crippen LogP contribution in [0.15, 0.2) is 40.5 Å². The number of sulfonamides is 1. The molecule has 0 radical (unpaired) electrons. The molecule has 3 heterocycles. The summed E-state index contributed by atoms with van der Waals surface area (Å²) in [6.07, 6.45) is 1.53. The molecule has 31 heavy (non-hydrogen) atoms. The Kier molecular flexibility index (Phi) is 6.55. The summed E-state index contributed by atoms with van der Waals surface area (Å²) in [6, 6.07) is 6.13. The molecular weight excluding hydrogens is 476 g/mol. The number of benzene rings is 1. The highest BCUT2D eigenvalue weighted by Crippen LogP contribution is 2.34. The number of aryl methyl sites for hydroxylation is 2. The number of carbonyl (C=O) groups is 1. The summed E-state index contributed by atoms with van der Waals surface area (Å²) in [6.45, 7) is 5.36. The quantitative estimate of drug-likeness (QED) is 0.396. The fourth-order valence-corrected chi connectivity index (χ4v) is 6.98. The van der Waals surface area contributed by atoms with E-state index in [1.54, 1.807) is 28.4 Å². The van der Waals surface area contributed by atoms with Gasteiger partial charge >= 0.3 is 0 Å². The number of halogens is 1. The molecule has 4 rings (SSSR count). The van der Waals surface area contributed by atoms with E-state index in [1.807, 2.05) is 6.92 Å². The van der Waals surface area contributed by atoms with Crippen LogP contribution in [0.1, 0.15) is 10.4 Å². The molecule has 0 unspecified atom stereocenters. The predicted molar refractivity (Wildman–Crippen MR) is 124 cm³/mol. The first-order valence-electron chi connectivity index (χ1n) is 9.64. The van der Waals surface area contributed by atoms with E-state index in [2.05, 4.69) is 16.9 Å². The van der Waals surface area contributed by atoms with Crippen LogP contribution in [0.2, 0.25) is 5.02 Å². The van der Waals surface area contributed by atoms with Crippen LogP contribution in [0.5, 0.6) is 0 Å². The molecule has 0 bridgehead atoms. The Morgan fingerprint density at radius 3 is 2.48 bits per heavy atom. The summed E-state index contributed by atoms with van der Waals surface area (Å²) in [5.41, 5.74) is 1.15. The van der Waals surface area contributed by atoms with Crippen molar-refractivity contribution in [3.05, 3.63) is 46.1 Å². The highest BCUT2D eigenvalue weighted by Gasteiger charge is 2.30. The second-order valence-electron chi connectivity index (χ2n) is 7.17. The Labute approximate surface area is 194 Å². The van der Waals surface area contributed by atoms with Gasteiger partial charge in [-0.1, -0.05) is 23.4 Å². The third-order valence-corrected chi connectivity index (χ3v) is 9.56. The number of thioether (sulfide) groups is 1. The van der Waals surface area contributed by atoms with Crippen LogP contribution in [0.4, 0.5) is 0 Å². The molecule has 0 atom stereocenters. The van der Waals surface area contributed by atoms with Gasteiger partial charge in [-0.25, -0.2) is 18.4 Å². The third-order valence-electron chi connectivity index (χ3n) is 5.31. The van der Waals surface area contributed by atoms with E-state index in [0.717, 1.165) is 20.8 Å². The summed E-state index contributed by atoms with van der Waals surface area (Å²) in [7, 11) is -3.59. The van der Waals surface area contributed by atoms with Crippen molar-refractivity contribution < 1.29 is 13.2 Å². The van der Waals surface area contributed by atoms with Crippen molar-refractivity contribution in [3.63, 3.8) is 0 Å². The predicted octanol–water partition coefficient (Wildman–Crippen LogP) is 3.59. The summed E-state index contributed by atoms with van der Waals surface area (Å²) >= 11 is 8.89. The average molecular weight is 497 g/mol. The van der Waals surface area contributed by atoms with Gasteiger partial charge < -0.3 is 4.90 Å². The molecule has 1 aromatic carbocycles. The van der Waals surface area contributed by atoms with Crippen LogP contribution < -0.4 is 0 Å². The smallest absolute Gasteiger partial charge is 0.243 e. The highest BCUT2D eigenvalue weighted by molar-refractivity contribution is 8.00. The molecule has 7 nitrogen and oxygen atoms in total. The lowest BCUT2D eigenvalue weighted by Crippen LogP contribution is -2.50. The molecule has 11 heteroatoms. The summed E-state index contributed by atoms with van der Waals surface area (Å²) in [5, 5.41) is 2.31. The Hall–Kier alpha value is -1.72. The van der Waals surface area contributed by atoms with Gasteiger partial charge in [0.05, 0.1) is 10.6 Å². The van der Waals surface area contributed by atoms with Crippen LogP contribution in [0, 0.1) is 13.8 Å². The van der Waals surface area contributed by atoms with E-state index in [-0.39, 0.29) is 29.6 Å². The zero-order valence-corrected chi connectivity index (χ0v) is 20.2. The topological polar surface area (TPSA) is 83.5 Å². The van der Waals surface area contributed by atoms with E-state index < -0.39 is 10.0 Å². The van der Waals surface area contributed by atoms with Gasteiger partial charge in [-0.15, -0.1) is 11.3 Å². The van der Waals surface area contributed by atoms with Crippen molar-refractivity contribution >= 4 is 60.8 Å². The van der Waals surface area contributed by atoms with Crippen LogP contribution in [0.3, 0.4) is 0 Å². The molecule has 1 fully saturated rings. The third kappa shape index (κ3) is 4.58. The Morgan fingerprint density at radius 1 is 1.13 bits per heavy atom. The normalized spacial score (nSPS) is 15.5. The minimum atomic E-state index is -3.59. The molecule has 0 aliphatic carbocycles. The zero-order chi connectivity index (χ0) is 22.2. The van der Waals surface area contributed by atoms with Crippen molar-refractivity contribution in [1.29, 1.82) is 0 Å². The number of fused-ring (bicyclic) bond motifs is 1. The number of hydrogen-bond donors (Lipinski definition) is 0. The second kappa shape index (κ2) is 9.03. The molecule has 2 aromatic heterocycles. The SMILES string of the molecule is Cc1sc2ncnc(SCC(=O)N3CCN(S(=O)(=O)c4ccc(Cl)cc4)CC3)c2c1C. The van der Waals surface area contributed by atoms with Gasteiger partial charge in [0, 0.05) is 41.5 Å². The maximum absolute atomic E-state index is 12.8. The molecule has 1 amide bonds. The maximum Gasteiger partial charge on any atom is 0.243 e. The van der Waals surface area contributed by atoms with Gasteiger partial charge in [0.2, 0.25) is 15.9 Å². The van der Waals surface area contributed by atoms with Gasteiger partial charge in [-0.3, -0.25) is 4.79 Å². The van der Waals surface area contributed by atoms with Crippen LogP contribution in [-0.4, -0.2) is 65.4 Å².